The first-order valence-corrected chi connectivity index (χ1v) is 8.37. The van der Waals surface area contributed by atoms with Gasteiger partial charge in [-0.05, 0) is 24.5 Å². The summed E-state index contributed by atoms with van der Waals surface area (Å²) in [7, 11) is 3.38. The molecule has 7 heteroatoms. The number of aromatic nitrogens is 1. The van der Waals surface area contributed by atoms with Crippen molar-refractivity contribution in [1.29, 1.82) is 0 Å². The maximum atomic E-state index is 12.6. The molecule has 130 valence electrons. The van der Waals surface area contributed by atoms with Crippen LogP contribution in [0.25, 0.3) is 0 Å². The van der Waals surface area contributed by atoms with Gasteiger partial charge in [-0.3, -0.25) is 10.1 Å². The molecule has 1 aliphatic carbocycles. The van der Waals surface area contributed by atoms with Crippen LogP contribution in [-0.2, 0) is 4.74 Å². The molecule has 0 radical (unpaired) electrons. The minimum absolute atomic E-state index is 0.113. The van der Waals surface area contributed by atoms with Crippen molar-refractivity contribution in [3.63, 3.8) is 0 Å². The molecule has 1 atom stereocenters. The van der Waals surface area contributed by atoms with E-state index in [-0.39, 0.29) is 18.0 Å². The first-order chi connectivity index (χ1) is 11.5. The molecule has 7 nitrogen and oxygen atoms in total. The van der Waals surface area contributed by atoms with Crippen LogP contribution in [0.4, 0.5) is 10.6 Å². The van der Waals surface area contributed by atoms with E-state index in [0.29, 0.717) is 31.1 Å². The van der Waals surface area contributed by atoms with Crippen molar-refractivity contribution >= 4 is 17.8 Å². The van der Waals surface area contributed by atoms with Gasteiger partial charge in [0.2, 0.25) is 0 Å². The van der Waals surface area contributed by atoms with Crippen LogP contribution >= 0.6 is 0 Å². The Balaban J connectivity index is 1.61. The molecule has 0 aromatic carbocycles. The highest BCUT2D eigenvalue weighted by atomic mass is 16.5. The predicted octanol–water partition coefficient (Wildman–Crippen LogP) is 1.82. The van der Waals surface area contributed by atoms with E-state index in [1.807, 2.05) is 4.90 Å². The molecule has 2 heterocycles. The number of ether oxygens (including phenoxy) is 1. The van der Waals surface area contributed by atoms with E-state index in [2.05, 4.69) is 10.3 Å². The predicted molar refractivity (Wildman–Crippen MR) is 89.9 cm³/mol. The molecule has 1 saturated carbocycles. The number of rotatable bonds is 4. The van der Waals surface area contributed by atoms with Gasteiger partial charge in [0.1, 0.15) is 5.82 Å². The van der Waals surface area contributed by atoms with Gasteiger partial charge in [0.25, 0.3) is 5.91 Å². The standard InChI is InChI=1S/C17H24N4O3/c1-20(2)16(22)13-5-6-15(18-10-13)19-17(23)21-7-8-24-11-14(21)9-12-3-4-12/h5-6,10,12,14H,3-4,7-9,11H2,1-2H3,(H,18,19,23). The minimum atomic E-state index is -0.150. The lowest BCUT2D eigenvalue weighted by atomic mass is 10.1. The Morgan fingerprint density at radius 3 is 2.79 bits per heavy atom. The Bertz CT molecular complexity index is 598. The zero-order chi connectivity index (χ0) is 17.1. The normalized spacial score (nSPS) is 20.6. The molecule has 1 aliphatic heterocycles. The highest BCUT2D eigenvalue weighted by Gasteiger charge is 2.33. The monoisotopic (exact) mass is 332 g/mol. The molecule has 24 heavy (non-hydrogen) atoms. The fourth-order valence-electron chi connectivity index (χ4n) is 2.89. The smallest absolute Gasteiger partial charge is 0.323 e. The molecule has 2 aliphatic rings. The summed E-state index contributed by atoms with van der Waals surface area (Å²) in [6, 6.07) is 3.32. The summed E-state index contributed by atoms with van der Waals surface area (Å²) < 4.78 is 5.53. The van der Waals surface area contributed by atoms with E-state index in [4.69, 9.17) is 4.74 Å². The largest absolute Gasteiger partial charge is 0.377 e. The molecule has 3 amide bonds. The third-order valence-corrected chi connectivity index (χ3v) is 4.44. The lowest BCUT2D eigenvalue weighted by Crippen LogP contribution is -2.50. The SMILES string of the molecule is CN(C)C(=O)c1ccc(NC(=O)N2CCOCC2CC2CC2)nc1. The maximum absolute atomic E-state index is 12.6. The van der Waals surface area contributed by atoms with Crippen LogP contribution in [0.15, 0.2) is 18.3 Å². The van der Waals surface area contributed by atoms with Crippen molar-refractivity contribution in [2.24, 2.45) is 5.92 Å². The molecule has 1 N–H and O–H groups in total. The third-order valence-electron chi connectivity index (χ3n) is 4.44. The zero-order valence-electron chi connectivity index (χ0n) is 14.2. The van der Waals surface area contributed by atoms with Gasteiger partial charge in [-0.25, -0.2) is 9.78 Å². The van der Waals surface area contributed by atoms with E-state index >= 15 is 0 Å². The quantitative estimate of drug-likeness (QED) is 0.912. The number of amides is 3. The number of anilines is 1. The van der Waals surface area contributed by atoms with Gasteiger partial charge in [-0.2, -0.15) is 0 Å². The molecule has 1 unspecified atom stereocenters. The summed E-state index contributed by atoms with van der Waals surface area (Å²) in [6.07, 6.45) is 5.01. The number of carbonyl (C=O) groups is 2. The minimum Gasteiger partial charge on any atom is -0.377 e. The van der Waals surface area contributed by atoms with E-state index in [1.165, 1.54) is 23.9 Å². The van der Waals surface area contributed by atoms with Crippen molar-refractivity contribution in [1.82, 2.24) is 14.8 Å². The first-order valence-electron chi connectivity index (χ1n) is 8.37. The molecule has 1 aromatic heterocycles. The van der Waals surface area contributed by atoms with E-state index in [0.717, 1.165) is 12.3 Å². The number of carbonyl (C=O) groups excluding carboxylic acids is 2. The second-order valence-corrected chi connectivity index (χ2v) is 6.66. The van der Waals surface area contributed by atoms with Gasteiger partial charge in [-0.1, -0.05) is 12.8 Å². The van der Waals surface area contributed by atoms with Crippen LogP contribution in [0, 0.1) is 5.92 Å². The Kier molecular flexibility index (Phi) is 4.99. The number of urea groups is 1. The lowest BCUT2D eigenvalue weighted by molar-refractivity contribution is 0.0108. The summed E-state index contributed by atoms with van der Waals surface area (Å²) in [5, 5.41) is 2.83. The number of morpholine rings is 1. The van der Waals surface area contributed by atoms with Gasteiger partial charge in [0.15, 0.2) is 0 Å². The second-order valence-electron chi connectivity index (χ2n) is 6.66. The zero-order valence-corrected chi connectivity index (χ0v) is 14.2. The van der Waals surface area contributed by atoms with Crippen LogP contribution in [0.1, 0.15) is 29.6 Å². The Hall–Kier alpha value is -2.15. The molecular weight excluding hydrogens is 308 g/mol. The number of nitrogens with one attached hydrogen (secondary N) is 1. The van der Waals surface area contributed by atoms with Crippen LogP contribution in [0.2, 0.25) is 0 Å². The average Bonchev–Trinajstić information content (AvgIpc) is 3.39. The van der Waals surface area contributed by atoms with Crippen LogP contribution in [0.3, 0.4) is 0 Å². The first kappa shape index (κ1) is 16.7. The van der Waals surface area contributed by atoms with Gasteiger partial charge in [0, 0.05) is 26.8 Å². The molecule has 3 rings (SSSR count). The van der Waals surface area contributed by atoms with E-state index in [1.54, 1.807) is 26.2 Å². The highest BCUT2D eigenvalue weighted by Crippen LogP contribution is 2.35. The molecule has 0 bridgehead atoms. The van der Waals surface area contributed by atoms with Gasteiger partial charge < -0.3 is 14.5 Å². The lowest BCUT2D eigenvalue weighted by Gasteiger charge is -2.35. The molecule has 1 saturated heterocycles. The summed E-state index contributed by atoms with van der Waals surface area (Å²) in [4.78, 5) is 31.9. The van der Waals surface area contributed by atoms with Crippen molar-refractivity contribution in [2.45, 2.75) is 25.3 Å². The maximum Gasteiger partial charge on any atom is 0.323 e. The van der Waals surface area contributed by atoms with Crippen molar-refractivity contribution in [2.75, 3.05) is 39.2 Å². The van der Waals surface area contributed by atoms with E-state index in [9.17, 15) is 9.59 Å². The number of hydrogen-bond donors (Lipinski definition) is 1. The summed E-state index contributed by atoms with van der Waals surface area (Å²) in [6.45, 7) is 1.77. The van der Waals surface area contributed by atoms with Crippen molar-refractivity contribution in [3.05, 3.63) is 23.9 Å². The van der Waals surface area contributed by atoms with Crippen LogP contribution in [0.5, 0.6) is 0 Å². The molecule has 1 aromatic rings. The number of nitrogens with zero attached hydrogens (tertiary/aromatic N) is 3. The average molecular weight is 332 g/mol. The van der Waals surface area contributed by atoms with Gasteiger partial charge >= 0.3 is 6.03 Å². The van der Waals surface area contributed by atoms with E-state index < -0.39 is 0 Å². The number of hydrogen-bond acceptors (Lipinski definition) is 4. The summed E-state index contributed by atoms with van der Waals surface area (Å²) in [5.74, 6) is 1.08. The van der Waals surface area contributed by atoms with Gasteiger partial charge in [0.05, 0.1) is 24.8 Å². The fraction of sp³-hybridized carbons (Fsp3) is 0.588. The van der Waals surface area contributed by atoms with Gasteiger partial charge in [-0.15, -0.1) is 0 Å². The second kappa shape index (κ2) is 7.17. The summed E-state index contributed by atoms with van der Waals surface area (Å²) in [5.41, 5.74) is 0.496. The number of pyridine rings is 1. The van der Waals surface area contributed by atoms with Crippen molar-refractivity contribution < 1.29 is 14.3 Å². The van der Waals surface area contributed by atoms with Crippen molar-refractivity contribution in [3.8, 4) is 0 Å². The Morgan fingerprint density at radius 1 is 1.38 bits per heavy atom. The van der Waals surface area contributed by atoms with Crippen LogP contribution < -0.4 is 5.32 Å². The summed E-state index contributed by atoms with van der Waals surface area (Å²) >= 11 is 0. The highest BCUT2D eigenvalue weighted by molar-refractivity contribution is 5.94. The molecule has 2 fully saturated rings. The molecule has 0 spiro atoms. The fourth-order valence-corrected chi connectivity index (χ4v) is 2.89. The van der Waals surface area contributed by atoms with Crippen LogP contribution in [-0.4, -0.2) is 66.6 Å². The molecular formula is C17H24N4O3. The third kappa shape index (κ3) is 4.03. The Morgan fingerprint density at radius 2 is 2.17 bits per heavy atom. The topological polar surface area (TPSA) is 74.8 Å². The Labute approximate surface area is 142 Å².